The molecule has 2 N–H and O–H groups in total. The zero-order chi connectivity index (χ0) is 21.5. The van der Waals surface area contributed by atoms with Gasteiger partial charge < -0.3 is 10.7 Å². The molecule has 1 aliphatic rings. The molecular formula is C24H29N5OS. The number of thioether (sulfide) groups is 1. The van der Waals surface area contributed by atoms with Crippen LogP contribution in [0.15, 0.2) is 65.8 Å². The quantitative estimate of drug-likeness (QED) is 0.420. The van der Waals surface area contributed by atoms with Crippen LogP contribution in [0.2, 0.25) is 0 Å². The van der Waals surface area contributed by atoms with Crippen molar-refractivity contribution < 1.29 is 4.79 Å². The van der Waals surface area contributed by atoms with Crippen molar-refractivity contribution in [2.45, 2.75) is 56.3 Å². The van der Waals surface area contributed by atoms with Crippen molar-refractivity contribution in [3.8, 4) is 0 Å². The number of hydrogen-bond donors (Lipinski definition) is 1. The Labute approximate surface area is 187 Å². The first-order valence-electron chi connectivity index (χ1n) is 10.9. The summed E-state index contributed by atoms with van der Waals surface area (Å²) in [6.07, 6.45) is 5.94. The fourth-order valence-corrected chi connectivity index (χ4v) is 4.85. The first-order valence-corrected chi connectivity index (χ1v) is 11.9. The van der Waals surface area contributed by atoms with Crippen molar-refractivity contribution >= 4 is 17.7 Å². The molecule has 0 unspecified atom stereocenters. The zero-order valence-corrected chi connectivity index (χ0v) is 18.5. The number of nitrogens with two attached hydrogens (primary N) is 1. The predicted molar refractivity (Wildman–Crippen MR) is 124 cm³/mol. The van der Waals surface area contributed by atoms with Gasteiger partial charge in [-0.25, -0.2) is 4.68 Å². The second kappa shape index (κ2) is 10.5. The summed E-state index contributed by atoms with van der Waals surface area (Å²) >= 11 is 1.36. The summed E-state index contributed by atoms with van der Waals surface area (Å²) in [5.74, 6) is 7.85. The fourth-order valence-electron chi connectivity index (χ4n) is 4.08. The molecule has 162 valence electrons. The smallest absolute Gasteiger partial charge is 0.233 e. The second-order valence-electron chi connectivity index (χ2n) is 8.06. The first-order chi connectivity index (χ1) is 15.2. The van der Waals surface area contributed by atoms with Crippen molar-refractivity contribution in [2.75, 3.05) is 11.6 Å². The molecule has 0 spiro atoms. The van der Waals surface area contributed by atoms with Crippen LogP contribution in [0, 0.1) is 0 Å². The number of benzene rings is 2. The van der Waals surface area contributed by atoms with E-state index in [1.54, 1.807) is 4.68 Å². The van der Waals surface area contributed by atoms with E-state index in [9.17, 15) is 4.79 Å². The highest BCUT2D eigenvalue weighted by Crippen LogP contribution is 2.32. The van der Waals surface area contributed by atoms with Gasteiger partial charge in [-0.1, -0.05) is 91.7 Å². The topological polar surface area (TPSA) is 77.0 Å². The molecule has 0 aliphatic heterocycles. The number of carbonyl (C=O) groups excluding carboxylic acids is 1. The summed E-state index contributed by atoms with van der Waals surface area (Å²) in [6.45, 7) is 1.13. The molecule has 6 nitrogen and oxygen atoms in total. The Bertz CT molecular complexity index is 929. The van der Waals surface area contributed by atoms with E-state index in [2.05, 4.69) is 10.2 Å². The maximum Gasteiger partial charge on any atom is 0.233 e. The van der Waals surface area contributed by atoms with E-state index in [0.717, 1.165) is 29.8 Å². The van der Waals surface area contributed by atoms with Gasteiger partial charge in [-0.2, -0.15) is 0 Å². The lowest BCUT2D eigenvalue weighted by molar-refractivity contribution is -0.129. The third-order valence-electron chi connectivity index (χ3n) is 5.77. The van der Waals surface area contributed by atoms with Crippen LogP contribution in [-0.2, 0) is 17.9 Å². The summed E-state index contributed by atoms with van der Waals surface area (Å²) in [7, 11) is 0. The third-order valence-corrected chi connectivity index (χ3v) is 6.70. The van der Waals surface area contributed by atoms with E-state index in [0.29, 0.717) is 24.2 Å². The van der Waals surface area contributed by atoms with Crippen molar-refractivity contribution in [2.24, 2.45) is 0 Å². The fraction of sp³-hybridized carbons (Fsp3) is 0.375. The molecule has 1 fully saturated rings. The maximum atomic E-state index is 13.2. The van der Waals surface area contributed by atoms with Gasteiger partial charge in [0.25, 0.3) is 0 Å². The van der Waals surface area contributed by atoms with Crippen LogP contribution in [0.3, 0.4) is 0 Å². The number of carbonyl (C=O) groups is 1. The average Bonchev–Trinajstić information content (AvgIpc) is 3.19. The van der Waals surface area contributed by atoms with Gasteiger partial charge in [-0.15, -0.1) is 10.2 Å². The van der Waals surface area contributed by atoms with Crippen LogP contribution in [0.25, 0.3) is 0 Å². The highest BCUT2D eigenvalue weighted by atomic mass is 32.2. The lowest BCUT2D eigenvalue weighted by atomic mass is 9.89. The van der Waals surface area contributed by atoms with Gasteiger partial charge in [0, 0.05) is 19.0 Å². The molecule has 4 rings (SSSR count). The molecule has 7 heteroatoms. The number of rotatable bonds is 8. The number of aromatic nitrogens is 3. The van der Waals surface area contributed by atoms with Crippen molar-refractivity contribution in [3.63, 3.8) is 0 Å². The minimum atomic E-state index is 0.0555. The number of amides is 1. The van der Waals surface area contributed by atoms with E-state index < -0.39 is 0 Å². The van der Waals surface area contributed by atoms with E-state index in [-0.39, 0.29) is 11.7 Å². The molecule has 0 bridgehead atoms. The molecule has 1 amide bonds. The second-order valence-corrected chi connectivity index (χ2v) is 9.00. The van der Waals surface area contributed by atoms with Crippen LogP contribution >= 0.6 is 11.8 Å². The lowest BCUT2D eigenvalue weighted by Gasteiger charge is -2.23. The Morgan fingerprint density at radius 3 is 2.10 bits per heavy atom. The van der Waals surface area contributed by atoms with Gasteiger partial charge >= 0.3 is 0 Å². The highest BCUT2D eigenvalue weighted by Gasteiger charge is 2.23. The van der Waals surface area contributed by atoms with E-state index in [1.165, 1.54) is 31.0 Å². The largest absolute Gasteiger partial charge is 0.336 e. The molecule has 1 aliphatic carbocycles. The van der Waals surface area contributed by atoms with Gasteiger partial charge in [0.15, 0.2) is 5.82 Å². The summed E-state index contributed by atoms with van der Waals surface area (Å²) in [5.41, 5.74) is 2.22. The van der Waals surface area contributed by atoms with Crippen molar-refractivity contribution in [3.05, 3.63) is 77.6 Å². The highest BCUT2D eigenvalue weighted by molar-refractivity contribution is 7.99. The van der Waals surface area contributed by atoms with E-state index in [1.807, 2.05) is 65.6 Å². The summed E-state index contributed by atoms with van der Waals surface area (Å²) in [6, 6.07) is 20.2. The molecule has 1 heterocycles. The molecule has 0 saturated heterocycles. The molecular weight excluding hydrogens is 406 g/mol. The third kappa shape index (κ3) is 5.67. The maximum absolute atomic E-state index is 13.2. The van der Waals surface area contributed by atoms with Crippen LogP contribution < -0.4 is 5.84 Å². The summed E-state index contributed by atoms with van der Waals surface area (Å²) in [5, 5.41) is 9.22. The lowest BCUT2D eigenvalue weighted by Crippen LogP contribution is -2.31. The standard InChI is InChI=1S/C24H29N5OS/c25-29-23(21-14-8-3-9-15-21)26-27-24(29)31-18-22(30)28(16-19-10-4-1-5-11-19)17-20-12-6-2-7-13-20/h1-2,4-7,10-13,21H,3,8-9,14-18,25H2. The predicted octanol–water partition coefficient (Wildman–Crippen LogP) is 4.36. The molecule has 31 heavy (non-hydrogen) atoms. The Kier molecular flexibility index (Phi) is 7.25. The Morgan fingerprint density at radius 1 is 0.935 bits per heavy atom. The van der Waals surface area contributed by atoms with E-state index in [4.69, 9.17) is 5.84 Å². The minimum Gasteiger partial charge on any atom is -0.336 e. The number of nitrogen functional groups attached to an aromatic ring is 1. The summed E-state index contributed by atoms with van der Waals surface area (Å²) in [4.78, 5) is 15.0. The van der Waals surface area contributed by atoms with Gasteiger partial charge in [-0.3, -0.25) is 4.79 Å². The van der Waals surface area contributed by atoms with Crippen LogP contribution in [0.4, 0.5) is 0 Å². The average molecular weight is 436 g/mol. The monoisotopic (exact) mass is 435 g/mol. The number of nitrogens with zero attached hydrogens (tertiary/aromatic N) is 4. The Balaban J connectivity index is 1.42. The Morgan fingerprint density at radius 2 is 1.52 bits per heavy atom. The molecule has 1 saturated carbocycles. The van der Waals surface area contributed by atoms with Crippen LogP contribution in [0.5, 0.6) is 0 Å². The van der Waals surface area contributed by atoms with Crippen LogP contribution in [0.1, 0.15) is 55.0 Å². The number of hydrogen-bond acceptors (Lipinski definition) is 5. The van der Waals surface area contributed by atoms with Gasteiger partial charge in [0.05, 0.1) is 5.75 Å². The zero-order valence-electron chi connectivity index (χ0n) is 17.7. The van der Waals surface area contributed by atoms with Gasteiger partial charge in [-0.05, 0) is 24.0 Å². The van der Waals surface area contributed by atoms with Gasteiger partial charge in [0.1, 0.15) is 0 Å². The van der Waals surface area contributed by atoms with Crippen molar-refractivity contribution in [1.82, 2.24) is 19.8 Å². The molecule has 0 radical (unpaired) electrons. The van der Waals surface area contributed by atoms with Gasteiger partial charge in [0.2, 0.25) is 11.1 Å². The minimum absolute atomic E-state index is 0.0555. The normalized spacial score (nSPS) is 14.5. The van der Waals surface area contributed by atoms with Crippen LogP contribution in [-0.4, -0.2) is 31.4 Å². The first kappa shape index (κ1) is 21.4. The summed E-state index contributed by atoms with van der Waals surface area (Å²) < 4.78 is 1.59. The molecule has 0 atom stereocenters. The molecule has 1 aromatic heterocycles. The Hall–Kier alpha value is -2.80. The molecule has 3 aromatic rings. The van der Waals surface area contributed by atoms with Crippen molar-refractivity contribution in [1.29, 1.82) is 0 Å². The van der Waals surface area contributed by atoms with E-state index >= 15 is 0 Å². The molecule has 2 aromatic carbocycles. The SMILES string of the molecule is Nn1c(SCC(=O)N(Cc2ccccc2)Cc2ccccc2)nnc1C1CCCCC1.